The Kier molecular flexibility index (Phi) is 12.6. The Bertz CT molecular complexity index is 2080. The van der Waals surface area contributed by atoms with Gasteiger partial charge in [0.15, 0.2) is 5.41 Å². The Hall–Kier alpha value is -6.16. The van der Waals surface area contributed by atoms with E-state index in [0.29, 0.717) is 46.2 Å². The fourth-order valence-electron chi connectivity index (χ4n) is 7.06. The Morgan fingerprint density at radius 1 is 0.544 bits per heavy atom. The number of oxazole rings is 2. The second-order valence-corrected chi connectivity index (χ2v) is 14.8. The summed E-state index contributed by atoms with van der Waals surface area (Å²) in [6.45, 7) is 14.9. The summed E-state index contributed by atoms with van der Waals surface area (Å²) in [5, 5.41) is 0. The normalized spacial score (nSPS) is 12.7. The van der Waals surface area contributed by atoms with Crippen LogP contribution in [-0.4, -0.2) is 21.9 Å². The third-order valence-corrected chi connectivity index (χ3v) is 10.2. The lowest BCUT2D eigenvalue weighted by Gasteiger charge is -2.36. The molecule has 0 aliphatic heterocycles. The maximum Gasteiger partial charge on any atom is 0.324 e. The molecular formula is C47H50N2O8. The molecule has 4 aromatic carbocycles. The summed E-state index contributed by atoms with van der Waals surface area (Å²) in [6, 6.07) is 34.0. The molecule has 0 aliphatic rings. The molecule has 0 N–H and O–H groups in total. The number of hydrogen-bond donors (Lipinski definition) is 0. The van der Waals surface area contributed by atoms with Gasteiger partial charge in [-0.2, -0.15) is 0 Å². The molecule has 6 aromatic rings. The van der Waals surface area contributed by atoms with E-state index < -0.39 is 29.2 Å². The average Bonchev–Trinajstić information content (AvgIpc) is 3.80. The quantitative estimate of drug-likeness (QED) is 0.0694. The van der Waals surface area contributed by atoms with Crippen molar-refractivity contribution < 1.29 is 37.4 Å². The summed E-state index contributed by atoms with van der Waals surface area (Å²) in [5.74, 6) is 1.68. The second kappa shape index (κ2) is 17.7. The predicted molar refractivity (Wildman–Crippen MR) is 216 cm³/mol. The lowest BCUT2D eigenvalue weighted by atomic mass is 9.69. The molecule has 6 rings (SSSR count). The minimum atomic E-state index is -1.51. The second-order valence-electron chi connectivity index (χ2n) is 14.8. The van der Waals surface area contributed by atoms with Crippen LogP contribution >= 0.6 is 0 Å². The first-order chi connectivity index (χ1) is 27.4. The number of carbonyl (C=O) groups is 2. The fraction of sp³-hybridized carbons (Fsp3) is 0.319. The standard InChI is InChI=1S/C47H50N2O8/c1-29(2)47(30(3)4,45(50)52-27-35-19-23-39(24-20-35)54-31(5)41-33(7)56-43(48-41)37-15-11-9-12-16-37)46(51)53-28-36-21-25-40(26-22-36)55-32(6)42-34(8)57-44(49-42)38-17-13-10-14-18-38/h9-26,29-32H,27-28H2,1-8H3. The van der Waals surface area contributed by atoms with Crippen LogP contribution in [0.25, 0.3) is 22.9 Å². The van der Waals surface area contributed by atoms with Crippen molar-refractivity contribution in [2.45, 2.75) is 80.8 Å². The number of ether oxygens (including phenoxy) is 4. The van der Waals surface area contributed by atoms with Crippen LogP contribution in [0.1, 0.15) is 87.8 Å². The van der Waals surface area contributed by atoms with Gasteiger partial charge in [0.05, 0.1) is 0 Å². The third-order valence-electron chi connectivity index (χ3n) is 10.2. The number of nitrogens with zero attached hydrogens (tertiary/aromatic N) is 2. The maximum absolute atomic E-state index is 13.9. The van der Waals surface area contributed by atoms with Gasteiger partial charge in [-0.25, -0.2) is 9.97 Å². The molecule has 0 fully saturated rings. The van der Waals surface area contributed by atoms with Gasteiger partial charge in [0.1, 0.15) is 59.8 Å². The van der Waals surface area contributed by atoms with E-state index in [1.807, 2.05) is 165 Å². The number of benzene rings is 4. The van der Waals surface area contributed by atoms with Crippen LogP contribution in [0.3, 0.4) is 0 Å². The van der Waals surface area contributed by atoms with E-state index in [-0.39, 0.29) is 25.4 Å². The maximum atomic E-state index is 13.9. The topological polar surface area (TPSA) is 123 Å². The molecule has 0 aliphatic carbocycles. The molecule has 0 spiro atoms. The summed E-state index contributed by atoms with van der Waals surface area (Å²) in [7, 11) is 0. The van der Waals surface area contributed by atoms with Gasteiger partial charge < -0.3 is 27.8 Å². The molecule has 0 saturated heterocycles. The summed E-state index contributed by atoms with van der Waals surface area (Å²) < 4.78 is 35.8. The van der Waals surface area contributed by atoms with Gasteiger partial charge in [-0.1, -0.05) is 88.4 Å². The zero-order valence-electron chi connectivity index (χ0n) is 33.8. The van der Waals surface area contributed by atoms with Crippen molar-refractivity contribution >= 4 is 11.9 Å². The highest BCUT2D eigenvalue weighted by Gasteiger charge is 2.54. The van der Waals surface area contributed by atoms with E-state index in [2.05, 4.69) is 9.97 Å². The van der Waals surface area contributed by atoms with Crippen molar-refractivity contribution in [3.05, 3.63) is 143 Å². The molecule has 0 bridgehead atoms. The predicted octanol–water partition coefficient (Wildman–Crippen LogP) is 11.0. The third kappa shape index (κ3) is 9.12. The Balaban J connectivity index is 1.03. The first kappa shape index (κ1) is 40.5. The number of hydrogen-bond acceptors (Lipinski definition) is 10. The van der Waals surface area contributed by atoms with E-state index in [1.54, 1.807) is 0 Å². The van der Waals surface area contributed by atoms with Crippen LogP contribution in [-0.2, 0) is 32.3 Å². The van der Waals surface area contributed by atoms with E-state index in [9.17, 15) is 9.59 Å². The van der Waals surface area contributed by atoms with Gasteiger partial charge in [-0.3, -0.25) is 9.59 Å². The molecule has 0 amide bonds. The Labute approximate surface area is 334 Å². The lowest BCUT2D eigenvalue weighted by Crippen LogP contribution is -2.50. The van der Waals surface area contributed by atoms with E-state index in [4.69, 9.17) is 27.8 Å². The molecule has 10 nitrogen and oxygen atoms in total. The van der Waals surface area contributed by atoms with Crippen LogP contribution < -0.4 is 9.47 Å². The molecule has 0 radical (unpaired) electrons. The molecule has 296 valence electrons. The molecule has 57 heavy (non-hydrogen) atoms. The summed E-state index contributed by atoms with van der Waals surface area (Å²) >= 11 is 0. The van der Waals surface area contributed by atoms with Gasteiger partial charge in [0, 0.05) is 11.1 Å². The highest BCUT2D eigenvalue weighted by molar-refractivity contribution is 6.00. The zero-order valence-corrected chi connectivity index (χ0v) is 33.8. The Morgan fingerprint density at radius 2 is 0.895 bits per heavy atom. The number of esters is 2. The fourth-order valence-corrected chi connectivity index (χ4v) is 7.06. The molecule has 0 saturated carbocycles. The number of aryl methyl sites for hydroxylation is 2. The minimum Gasteiger partial charge on any atom is -0.484 e. The zero-order chi connectivity index (χ0) is 40.7. The van der Waals surface area contributed by atoms with Crippen LogP contribution in [0.15, 0.2) is 118 Å². The van der Waals surface area contributed by atoms with Gasteiger partial charge in [0.25, 0.3) is 0 Å². The largest absolute Gasteiger partial charge is 0.484 e. The monoisotopic (exact) mass is 770 g/mol. The molecule has 2 atom stereocenters. The number of rotatable bonds is 16. The van der Waals surface area contributed by atoms with E-state index in [1.165, 1.54) is 0 Å². The van der Waals surface area contributed by atoms with Crippen molar-refractivity contribution in [1.29, 1.82) is 0 Å². The molecule has 2 aromatic heterocycles. The number of aromatic nitrogens is 2. The first-order valence-electron chi connectivity index (χ1n) is 19.3. The summed E-state index contributed by atoms with van der Waals surface area (Å²) in [6.07, 6.45) is -0.727. The molecule has 10 heteroatoms. The lowest BCUT2D eigenvalue weighted by molar-refractivity contribution is -0.182. The Morgan fingerprint density at radius 3 is 1.23 bits per heavy atom. The molecule has 2 heterocycles. The smallest absolute Gasteiger partial charge is 0.324 e. The average molecular weight is 771 g/mol. The molecule has 2 unspecified atom stereocenters. The van der Waals surface area contributed by atoms with Crippen molar-refractivity contribution in [3.8, 4) is 34.4 Å². The molecular weight excluding hydrogens is 721 g/mol. The summed E-state index contributed by atoms with van der Waals surface area (Å²) in [5.41, 5.74) is 3.19. The number of carbonyl (C=O) groups excluding carboxylic acids is 2. The van der Waals surface area contributed by atoms with Gasteiger partial charge in [0.2, 0.25) is 11.8 Å². The first-order valence-corrected chi connectivity index (χ1v) is 19.3. The highest BCUT2D eigenvalue weighted by Crippen LogP contribution is 2.40. The van der Waals surface area contributed by atoms with E-state index in [0.717, 1.165) is 22.3 Å². The van der Waals surface area contributed by atoms with Crippen molar-refractivity contribution in [2.75, 3.05) is 0 Å². The van der Waals surface area contributed by atoms with Crippen molar-refractivity contribution in [1.82, 2.24) is 9.97 Å². The highest BCUT2D eigenvalue weighted by atomic mass is 16.6. The van der Waals surface area contributed by atoms with E-state index >= 15 is 0 Å². The van der Waals surface area contributed by atoms with Gasteiger partial charge in [-0.15, -0.1) is 0 Å². The van der Waals surface area contributed by atoms with Crippen LogP contribution in [0.4, 0.5) is 0 Å². The van der Waals surface area contributed by atoms with Gasteiger partial charge in [-0.05, 0) is 99.2 Å². The summed E-state index contributed by atoms with van der Waals surface area (Å²) in [4.78, 5) is 37.1. The van der Waals surface area contributed by atoms with Crippen LogP contribution in [0, 0.1) is 31.1 Å². The van der Waals surface area contributed by atoms with Crippen LogP contribution in [0.2, 0.25) is 0 Å². The van der Waals surface area contributed by atoms with Gasteiger partial charge >= 0.3 is 11.9 Å². The van der Waals surface area contributed by atoms with Crippen molar-refractivity contribution in [3.63, 3.8) is 0 Å². The van der Waals surface area contributed by atoms with Crippen molar-refractivity contribution in [2.24, 2.45) is 17.3 Å². The minimum absolute atomic E-state index is 0.0206. The SMILES string of the molecule is Cc1oc(-c2ccccc2)nc1C(C)Oc1ccc(COC(=O)C(C(=O)OCc2ccc(OC(C)c3nc(-c4ccccc4)oc3C)cc2)(C(C)C)C(C)C)cc1. The van der Waals surface area contributed by atoms with Crippen LogP contribution in [0.5, 0.6) is 11.5 Å².